The minimum Gasteiger partial charge on any atom is -0.455 e. The van der Waals surface area contributed by atoms with Gasteiger partial charge in [-0.05, 0) is 55.5 Å². The number of carbonyl (C=O) groups excluding carboxylic acids is 2. The maximum Gasteiger partial charge on any atom is 0.288 e. The van der Waals surface area contributed by atoms with Crippen LogP contribution in [-0.4, -0.2) is 83.5 Å². The van der Waals surface area contributed by atoms with Crippen molar-refractivity contribution in [1.82, 2.24) is 25.8 Å². The highest BCUT2D eigenvalue weighted by Crippen LogP contribution is 2.32. The maximum atomic E-state index is 14.6. The third kappa shape index (κ3) is 8.65. The second-order valence-corrected chi connectivity index (χ2v) is 14.5. The molecule has 1 aromatic heterocycles. The van der Waals surface area contributed by atoms with Crippen LogP contribution < -0.4 is 16.0 Å². The zero-order valence-corrected chi connectivity index (χ0v) is 28.4. The molecule has 1 saturated heterocycles. The van der Waals surface area contributed by atoms with Crippen molar-refractivity contribution >= 4 is 29.2 Å². The highest BCUT2D eigenvalue weighted by molar-refractivity contribution is 7.09. The number of benzene rings is 1. The van der Waals surface area contributed by atoms with Crippen LogP contribution in [0.5, 0.6) is 0 Å². The van der Waals surface area contributed by atoms with E-state index < -0.39 is 6.04 Å². The number of piperazine rings is 1. The average molecular weight is 637 g/mol. The first-order valence-electron chi connectivity index (χ1n) is 16.9. The second-order valence-electron chi connectivity index (χ2n) is 13.5. The Morgan fingerprint density at radius 1 is 1.00 bits per heavy atom. The van der Waals surface area contributed by atoms with Gasteiger partial charge in [-0.15, -0.1) is 11.3 Å². The number of nitrogens with one attached hydrogen (secondary N) is 3. The van der Waals surface area contributed by atoms with Gasteiger partial charge in [0.2, 0.25) is 11.8 Å². The number of nitrogens with zero attached hydrogens (tertiary/aromatic N) is 3. The number of thiophene rings is 1. The largest absolute Gasteiger partial charge is 0.455 e. The van der Waals surface area contributed by atoms with Crippen molar-refractivity contribution in [3.05, 3.63) is 58.3 Å². The molecule has 2 fully saturated rings. The number of ether oxygens (including phenoxy) is 1. The fourth-order valence-corrected chi connectivity index (χ4v) is 7.67. The molecule has 0 radical (unpaired) electrons. The SMILES string of the molecule is CC(C)N[C@@H]1CCC[C@@H]([C@@H](NC(C)C)C(=O)N2CCN(C3=N[C@@H](C)C(c4ccccc4)O3)C[C@H]2C(=O)NCc2cccs2)CC1. The van der Waals surface area contributed by atoms with E-state index in [4.69, 9.17) is 9.73 Å². The Balaban J connectivity index is 1.34. The summed E-state index contributed by atoms with van der Waals surface area (Å²) in [5.41, 5.74) is 1.08. The van der Waals surface area contributed by atoms with E-state index in [9.17, 15) is 9.59 Å². The van der Waals surface area contributed by atoms with Crippen LogP contribution in [0.25, 0.3) is 0 Å². The number of aliphatic imine (C=N–C) groups is 1. The molecular weight excluding hydrogens is 584 g/mol. The van der Waals surface area contributed by atoms with Gasteiger partial charge in [-0.3, -0.25) is 9.59 Å². The van der Waals surface area contributed by atoms with E-state index in [0.29, 0.717) is 44.3 Å². The van der Waals surface area contributed by atoms with Gasteiger partial charge in [-0.2, -0.15) is 0 Å². The zero-order valence-electron chi connectivity index (χ0n) is 27.6. The predicted octanol–water partition coefficient (Wildman–Crippen LogP) is 4.71. The molecule has 6 atom stereocenters. The van der Waals surface area contributed by atoms with Gasteiger partial charge in [0, 0.05) is 36.1 Å². The standard InChI is InChI=1S/C35H52N6O3S/c1-23(2)37-28-14-9-13-26(16-17-28)31(38-24(3)4)34(43)41-19-18-40(22-30(41)33(42)36-21-29-15-10-20-45-29)35-39-25(5)32(44-35)27-11-7-6-8-12-27/h6-8,10-12,15,20,23-26,28,30-32,37-38H,9,13-14,16-19,21-22H2,1-5H3,(H,36,42)/t25-,26+,28+,30-,31+,32?/m0/s1. The van der Waals surface area contributed by atoms with Gasteiger partial charge in [-0.1, -0.05) is 70.5 Å². The molecule has 1 aliphatic carbocycles. The normalized spacial score (nSPS) is 26.4. The van der Waals surface area contributed by atoms with Crippen molar-refractivity contribution in [2.45, 2.75) is 116 Å². The third-order valence-corrected chi connectivity index (χ3v) is 10.1. The van der Waals surface area contributed by atoms with Gasteiger partial charge in [-0.25, -0.2) is 4.99 Å². The molecule has 2 aromatic rings. The minimum absolute atomic E-state index is 0.0321. The monoisotopic (exact) mass is 636 g/mol. The number of amidine groups is 1. The van der Waals surface area contributed by atoms with Crippen LogP contribution in [0, 0.1) is 5.92 Å². The van der Waals surface area contributed by atoms with Crippen LogP contribution in [-0.2, 0) is 20.9 Å². The summed E-state index contributed by atoms with van der Waals surface area (Å²) < 4.78 is 6.41. The Kier molecular flexibility index (Phi) is 11.6. The van der Waals surface area contributed by atoms with Crippen LogP contribution in [0.1, 0.15) is 83.3 Å². The fourth-order valence-electron chi connectivity index (χ4n) is 7.03. The second kappa shape index (κ2) is 15.6. The van der Waals surface area contributed by atoms with E-state index in [2.05, 4.69) is 67.6 Å². The number of carbonyl (C=O) groups is 2. The maximum absolute atomic E-state index is 14.6. The van der Waals surface area contributed by atoms with Crippen molar-refractivity contribution < 1.29 is 14.3 Å². The Labute approximate surface area is 273 Å². The summed E-state index contributed by atoms with van der Waals surface area (Å²) in [6.45, 7) is 12.4. The molecular formula is C35H52N6O3S. The van der Waals surface area contributed by atoms with Gasteiger partial charge in [0.05, 0.1) is 25.2 Å². The summed E-state index contributed by atoms with van der Waals surface area (Å²) in [5, 5.41) is 12.5. The smallest absolute Gasteiger partial charge is 0.288 e. The first kappa shape index (κ1) is 33.4. The Morgan fingerprint density at radius 3 is 2.51 bits per heavy atom. The number of hydrogen-bond donors (Lipinski definition) is 3. The molecule has 5 rings (SSSR count). The predicted molar refractivity (Wildman–Crippen MR) is 181 cm³/mol. The van der Waals surface area contributed by atoms with Crippen LogP contribution in [0.4, 0.5) is 0 Å². The lowest BCUT2D eigenvalue weighted by Crippen LogP contribution is -2.65. The molecule has 9 nitrogen and oxygen atoms in total. The summed E-state index contributed by atoms with van der Waals surface area (Å²) in [5.74, 6) is 0.115. The van der Waals surface area contributed by atoms with Crippen LogP contribution >= 0.6 is 11.3 Å². The Bertz CT molecular complexity index is 1270. The molecule has 2 aliphatic heterocycles. The first-order chi connectivity index (χ1) is 21.7. The van der Waals surface area contributed by atoms with Crippen LogP contribution in [0.3, 0.4) is 0 Å². The molecule has 45 heavy (non-hydrogen) atoms. The van der Waals surface area contributed by atoms with E-state index in [1.165, 1.54) is 0 Å². The topological polar surface area (TPSA) is 98.3 Å². The molecule has 10 heteroatoms. The van der Waals surface area contributed by atoms with Gasteiger partial charge < -0.3 is 30.5 Å². The van der Waals surface area contributed by atoms with E-state index >= 15 is 0 Å². The lowest BCUT2D eigenvalue weighted by molar-refractivity contribution is -0.146. The highest BCUT2D eigenvalue weighted by atomic mass is 32.1. The summed E-state index contributed by atoms with van der Waals surface area (Å²) in [6, 6.07) is 14.8. The lowest BCUT2D eigenvalue weighted by Gasteiger charge is -2.43. The first-order valence-corrected chi connectivity index (χ1v) is 17.7. The summed E-state index contributed by atoms with van der Waals surface area (Å²) >= 11 is 1.61. The highest BCUT2D eigenvalue weighted by Gasteiger charge is 2.43. The molecule has 3 aliphatic rings. The van der Waals surface area contributed by atoms with Gasteiger partial charge in [0.25, 0.3) is 6.02 Å². The van der Waals surface area contributed by atoms with E-state index in [1.807, 2.05) is 40.6 Å². The third-order valence-electron chi connectivity index (χ3n) is 9.20. The quantitative estimate of drug-likeness (QED) is 0.327. The molecule has 1 saturated carbocycles. The number of amides is 2. The van der Waals surface area contributed by atoms with Crippen molar-refractivity contribution in [2.75, 3.05) is 19.6 Å². The van der Waals surface area contributed by atoms with E-state index in [0.717, 1.165) is 42.5 Å². The minimum atomic E-state index is -0.652. The summed E-state index contributed by atoms with van der Waals surface area (Å²) in [6.07, 6.45) is 5.10. The average Bonchev–Trinajstić information content (AvgIpc) is 3.63. The van der Waals surface area contributed by atoms with Crippen molar-refractivity contribution in [1.29, 1.82) is 0 Å². The molecule has 0 spiro atoms. The van der Waals surface area contributed by atoms with Crippen LogP contribution in [0.15, 0.2) is 52.8 Å². The van der Waals surface area contributed by atoms with Gasteiger partial charge in [0.15, 0.2) is 0 Å². The van der Waals surface area contributed by atoms with Crippen molar-refractivity contribution in [3.8, 4) is 0 Å². The summed E-state index contributed by atoms with van der Waals surface area (Å²) in [7, 11) is 0. The van der Waals surface area contributed by atoms with E-state index in [-0.39, 0.29) is 42.0 Å². The summed E-state index contributed by atoms with van der Waals surface area (Å²) in [4.78, 5) is 38.3. The van der Waals surface area contributed by atoms with Gasteiger partial charge in [0.1, 0.15) is 12.1 Å². The molecule has 246 valence electrons. The molecule has 2 amide bonds. The zero-order chi connectivity index (χ0) is 31.9. The molecule has 1 aromatic carbocycles. The van der Waals surface area contributed by atoms with E-state index in [1.54, 1.807) is 11.3 Å². The molecule has 0 bridgehead atoms. The van der Waals surface area contributed by atoms with Gasteiger partial charge >= 0.3 is 0 Å². The Morgan fingerprint density at radius 2 is 1.80 bits per heavy atom. The molecule has 1 unspecified atom stereocenters. The lowest BCUT2D eigenvalue weighted by atomic mass is 9.89. The van der Waals surface area contributed by atoms with Crippen molar-refractivity contribution in [2.24, 2.45) is 10.9 Å². The van der Waals surface area contributed by atoms with Crippen LogP contribution in [0.2, 0.25) is 0 Å². The fraction of sp³-hybridized carbons (Fsp3) is 0.629. The van der Waals surface area contributed by atoms with Crippen molar-refractivity contribution in [3.63, 3.8) is 0 Å². The number of rotatable bonds is 10. The molecule has 3 N–H and O–H groups in total. The molecule has 3 heterocycles. The number of hydrogen-bond acceptors (Lipinski definition) is 8. The Hall–Kier alpha value is -2.95.